The largest absolute Gasteiger partial charge is 0.481 e. The van der Waals surface area contributed by atoms with Crippen molar-refractivity contribution in [1.29, 1.82) is 0 Å². The number of aliphatic hydroxyl groups is 2. The van der Waals surface area contributed by atoms with E-state index in [-0.39, 0.29) is 24.7 Å². The summed E-state index contributed by atoms with van der Waals surface area (Å²) in [7, 11) is 0. The highest BCUT2D eigenvalue weighted by atomic mass is 16.4. The van der Waals surface area contributed by atoms with Gasteiger partial charge in [0.1, 0.15) is 0 Å². The lowest BCUT2D eigenvalue weighted by molar-refractivity contribution is -0.161. The lowest BCUT2D eigenvalue weighted by Crippen LogP contribution is -2.59. The molecule has 2 aliphatic rings. The van der Waals surface area contributed by atoms with Gasteiger partial charge in [0.15, 0.2) is 5.78 Å². The number of carbonyl (C=O) groups is 2. The van der Waals surface area contributed by atoms with Crippen LogP contribution in [0.5, 0.6) is 0 Å². The summed E-state index contributed by atoms with van der Waals surface area (Å²) in [5.41, 5.74) is 0.379. The van der Waals surface area contributed by atoms with Crippen LogP contribution in [0.1, 0.15) is 67.4 Å². The van der Waals surface area contributed by atoms with Gasteiger partial charge >= 0.3 is 5.97 Å². The summed E-state index contributed by atoms with van der Waals surface area (Å²) in [5.74, 6) is -1.50. The SMILES string of the molecule is CC(CO)c1ccc2c(c1)C(=O)C[C@@H]1[C@]2(C)[C@H](O)CC[C@@]1(C)C(=O)O. The molecule has 5 atom stereocenters. The van der Waals surface area contributed by atoms with Gasteiger partial charge in [-0.1, -0.05) is 26.0 Å². The van der Waals surface area contributed by atoms with E-state index in [1.807, 2.05) is 26.0 Å². The van der Waals surface area contributed by atoms with Gasteiger partial charge in [-0.25, -0.2) is 0 Å². The molecule has 1 aromatic carbocycles. The molecule has 5 heteroatoms. The van der Waals surface area contributed by atoms with Crippen LogP contribution in [0, 0.1) is 11.3 Å². The maximum absolute atomic E-state index is 12.8. The summed E-state index contributed by atoms with van der Waals surface area (Å²) in [6.07, 6.45) is 0.211. The van der Waals surface area contributed by atoms with Crippen molar-refractivity contribution in [3.05, 3.63) is 34.9 Å². The average molecular weight is 346 g/mol. The fourth-order valence-corrected chi connectivity index (χ4v) is 4.83. The van der Waals surface area contributed by atoms with Gasteiger partial charge in [-0.3, -0.25) is 9.59 Å². The molecule has 5 nitrogen and oxygen atoms in total. The van der Waals surface area contributed by atoms with E-state index in [9.17, 15) is 24.9 Å². The smallest absolute Gasteiger partial charge is 0.309 e. The number of ketones is 1. The van der Waals surface area contributed by atoms with E-state index < -0.39 is 28.8 Å². The van der Waals surface area contributed by atoms with E-state index in [0.717, 1.165) is 11.1 Å². The van der Waals surface area contributed by atoms with Crippen molar-refractivity contribution < 1.29 is 24.9 Å². The predicted octanol–water partition coefficient (Wildman–Crippen LogP) is 2.49. The summed E-state index contributed by atoms with van der Waals surface area (Å²) in [6.45, 7) is 5.47. The molecule has 1 fully saturated rings. The summed E-state index contributed by atoms with van der Waals surface area (Å²) < 4.78 is 0. The van der Waals surface area contributed by atoms with Crippen LogP contribution < -0.4 is 0 Å². The molecule has 0 spiro atoms. The second kappa shape index (κ2) is 5.92. The van der Waals surface area contributed by atoms with Crippen molar-refractivity contribution in [3.63, 3.8) is 0 Å². The first-order valence-corrected chi connectivity index (χ1v) is 8.86. The fraction of sp³-hybridized carbons (Fsp3) is 0.600. The number of carbonyl (C=O) groups excluding carboxylic acids is 1. The third-order valence-corrected chi connectivity index (χ3v) is 6.77. The first kappa shape index (κ1) is 18.1. The Kier molecular flexibility index (Phi) is 4.28. The number of carboxylic acid groups (broad SMARTS) is 1. The molecule has 0 aliphatic heterocycles. The normalized spacial score (nSPS) is 35.6. The highest BCUT2D eigenvalue weighted by molar-refractivity contribution is 6.00. The Morgan fingerprint density at radius 1 is 1.36 bits per heavy atom. The monoisotopic (exact) mass is 346 g/mol. The molecular weight excluding hydrogens is 320 g/mol. The molecule has 2 aliphatic carbocycles. The molecule has 0 heterocycles. The zero-order valence-electron chi connectivity index (χ0n) is 15.0. The standard InChI is InChI=1S/C20H26O5/c1-11(10-21)12-4-5-14-13(8-12)15(22)9-16-19(2,18(24)25)7-6-17(23)20(14,16)3/h4-5,8,11,16-17,21,23H,6-7,9-10H2,1-3H3,(H,24,25)/t11?,16-,17+,19+,20+/m0/s1. The highest BCUT2D eigenvalue weighted by Crippen LogP contribution is 2.57. The van der Waals surface area contributed by atoms with Gasteiger partial charge in [0.2, 0.25) is 0 Å². The number of benzene rings is 1. The van der Waals surface area contributed by atoms with Gasteiger partial charge in [0.25, 0.3) is 0 Å². The quantitative estimate of drug-likeness (QED) is 0.782. The van der Waals surface area contributed by atoms with E-state index >= 15 is 0 Å². The van der Waals surface area contributed by atoms with Gasteiger partial charge < -0.3 is 15.3 Å². The van der Waals surface area contributed by atoms with E-state index in [2.05, 4.69) is 0 Å². The van der Waals surface area contributed by atoms with E-state index in [1.54, 1.807) is 13.0 Å². The molecule has 3 rings (SSSR count). The number of aliphatic hydroxyl groups excluding tert-OH is 2. The van der Waals surface area contributed by atoms with E-state index in [0.29, 0.717) is 18.4 Å². The van der Waals surface area contributed by atoms with Crippen LogP contribution in [0.4, 0.5) is 0 Å². The second-order valence-electron chi connectivity index (χ2n) is 8.13. The van der Waals surface area contributed by atoms with Gasteiger partial charge in [-0.15, -0.1) is 0 Å². The Morgan fingerprint density at radius 2 is 2.04 bits per heavy atom. The number of fused-ring (bicyclic) bond motifs is 3. The van der Waals surface area contributed by atoms with Crippen LogP contribution in [0.15, 0.2) is 18.2 Å². The van der Waals surface area contributed by atoms with Crippen LogP contribution >= 0.6 is 0 Å². The molecule has 1 saturated carbocycles. The average Bonchev–Trinajstić information content (AvgIpc) is 2.59. The molecule has 0 saturated heterocycles. The molecule has 25 heavy (non-hydrogen) atoms. The summed E-state index contributed by atoms with van der Waals surface area (Å²) in [4.78, 5) is 24.8. The minimum absolute atomic E-state index is 0.00736. The molecular formula is C20H26O5. The summed E-state index contributed by atoms with van der Waals surface area (Å²) in [6, 6.07) is 5.53. The molecule has 0 bridgehead atoms. The third kappa shape index (κ3) is 2.44. The molecule has 0 radical (unpaired) electrons. The predicted molar refractivity (Wildman–Crippen MR) is 92.7 cm³/mol. The number of rotatable bonds is 3. The van der Waals surface area contributed by atoms with Crippen LogP contribution in [-0.4, -0.2) is 39.8 Å². The number of Topliss-reactive ketones (excluding diaryl/α,β-unsaturated/α-hetero) is 1. The molecule has 1 unspecified atom stereocenters. The Bertz CT molecular complexity index is 727. The first-order chi connectivity index (χ1) is 11.7. The Morgan fingerprint density at radius 3 is 2.64 bits per heavy atom. The van der Waals surface area contributed by atoms with E-state index in [4.69, 9.17) is 0 Å². The number of hydrogen-bond acceptors (Lipinski definition) is 4. The topological polar surface area (TPSA) is 94.8 Å². The van der Waals surface area contributed by atoms with Crippen molar-refractivity contribution in [1.82, 2.24) is 0 Å². The van der Waals surface area contributed by atoms with Crippen LogP contribution in [0.2, 0.25) is 0 Å². The Balaban J connectivity index is 2.18. The zero-order valence-corrected chi connectivity index (χ0v) is 15.0. The second-order valence-corrected chi connectivity index (χ2v) is 8.13. The number of hydrogen-bond donors (Lipinski definition) is 3. The summed E-state index contributed by atoms with van der Waals surface area (Å²) >= 11 is 0. The minimum Gasteiger partial charge on any atom is -0.481 e. The van der Waals surface area contributed by atoms with Crippen LogP contribution in [-0.2, 0) is 10.2 Å². The molecule has 0 amide bonds. The minimum atomic E-state index is -1.03. The van der Waals surface area contributed by atoms with Crippen molar-refractivity contribution in [2.75, 3.05) is 6.61 Å². The Hall–Kier alpha value is -1.72. The lowest BCUT2D eigenvalue weighted by Gasteiger charge is -2.55. The van der Waals surface area contributed by atoms with Crippen LogP contribution in [0.3, 0.4) is 0 Å². The number of carboxylic acids is 1. The van der Waals surface area contributed by atoms with Gasteiger partial charge in [-0.05, 0) is 42.9 Å². The summed E-state index contributed by atoms with van der Waals surface area (Å²) in [5, 5.41) is 30.0. The first-order valence-electron chi connectivity index (χ1n) is 8.86. The maximum Gasteiger partial charge on any atom is 0.309 e. The number of aliphatic carboxylic acids is 1. The van der Waals surface area contributed by atoms with Crippen LogP contribution in [0.25, 0.3) is 0 Å². The van der Waals surface area contributed by atoms with Crippen molar-refractivity contribution in [3.8, 4) is 0 Å². The third-order valence-electron chi connectivity index (χ3n) is 6.77. The zero-order chi connectivity index (χ0) is 18.6. The molecule has 3 N–H and O–H groups in total. The highest BCUT2D eigenvalue weighted by Gasteiger charge is 2.60. The maximum atomic E-state index is 12.8. The van der Waals surface area contributed by atoms with Gasteiger partial charge in [0, 0.05) is 29.9 Å². The molecule has 136 valence electrons. The lowest BCUT2D eigenvalue weighted by atomic mass is 9.48. The fourth-order valence-electron chi connectivity index (χ4n) is 4.83. The molecule has 0 aromatic heterocycles. The Labute approximate surface area is 147 Å². The van der Waals surface area contributed by atoms with E-state index in [1.165, 1.54) is 0 Å². The molecule has 1 aromatic rings. The van der Waals surface area contributed by atoms with Crippen molar-refractivity contribution in [2.24, 2.45) is 11.3 Å². The van der Waals surface area contributed by atoms with Crippen molar-refractivity contribution in [2.45, 2.75) is 57.5 Å². The van der Waals surface area contributed by atoms with Gasteiger partial charge in [-0.2, -0.15) is 0 Å². The van der Waals surface area contributed by atoms with Crippen molar-refractivity contribution >= 4 is 11.8 Å². The van der Waals surface area contributed by atoms with Gasteiger partial charge in [0.05, 0.1) is 11.5 Å².